The van der Waals surface area contributed by atoms with Gasteiger partial charge in [0.25, 0.3) is 0 Å². The Hall–Kier alpha value is -2.56. The van der Waals surface area contributed by atoms with E-state index in [1.54, 1.807) is 12.1 Å². The number of fused-ring (bicyclic) bond motifs is 3. The van der Waals surface area contributed by atoms with Gasteiger partial charge in [0, 0.05) is 24.6 Å². The maximum atomic E-state index is 13.2. The van der Waals surface area contributed by atoms with Gasteiger partial charge < -0.3 is 14.7 Å². The summed E-state index contributed by atoms with van der Waals surface area (Å²) in [6.45, 7) is 1.63. The fourth-order valence-electron chi connectivity index (χ4n) is 3.85. The predicted molar refractivity (Wildman–Crippen MR) is 87.8 cm³/mol. The molecule has 0 unspecified atom stereocenters. The lowest BCUT2D eigenvalue weighted by Crippen LogP contribution is -2.27. The minimum atomic E-state index is -0.861. The molecule has 0 bridgehead atoms. The summed E-state index contributed by atoms with van der Waals surface area (Å²) in [7, 11) is 0. The third-order valence-corrected chi connectivity index (χ3v) is 5.05. The van der Waals surface area contributed by atoms with Crippen molar-refractivity contribution in [2.24, 2.45) is 5.92 Å². The summed E-state index contributed by atoms with van der Waals surface area (Å²) in [4.78, 5) is 12.8. The van der Waals surface area contributed by atoms with Crippen LogP contribution in [0.15, 0.2) is 42.5 Å². The molecule has 1 N–H and O–H groups in total. The second-order valence-corrected chi connectivity index (χ2v) is 6.42. The summed E-state index contributed by atoms with van der Waals surface area (Å²) in [5.74, 6) is 0.975. The number of carboxylic acid groups (broad SMARTS) is 1. The van der Waals surface area contributed by atoms with Crippen molar-refractivity contribution >= 4 is 6.09 Å². The van der Waals surface area contributed by atoms with Gasteiger partial charge in [-0.15, -0.1) is 0 Å². The van der Waals surface area contributed by atoms with Gasteiger partial charge in [-0.3, -0.25) is 0 Å². The zero-order chi connectivity index (χ0) is 16.7. The number of rotatable bonds is 1. The molecule has 24 heavy (non-hydrogen) atoms. The van der Waals surface area contributed by atoms with Gasteiger partial charge in [-0.05, 0) is 35.6 Å². The number of hydrogen-bond donors (Lipinski definition) is 1. The van der Waals surface area contributed by atoms with E-state index >= 15 is 0 Å². The number of hydrogen-bond acceptors (Lipinski definition) is 2. The minimum absolute atomic E-state index is 0.152. The molecule has 5 heteroatoms. The summed E-state index contributed by atoms with van der Waals surface area (Å²) in [6, 6.07) is 12.3. The minimum Gasteiger partial charge on any atom is -0.493 e. The Balaban J connectivity index is 1.77. The van der Waals surface area contributed by atoms with Crippen LogP contribution in [0.3, 0.4) is 0 Å². The molecule has 0 radical (unpaired) electrons. The fraction of sp³-hybridized carbons (Fsp3) is 0.316. The van der Waals surface area contributed by atoms with Crippen LogP contribution in [0.4, 0.5) is 9.18 Å². The first-order valence-electron chi connectivity index (χ1n) is 8.13. The molecule has 124 valence electrons. The van der Waals surface area contributed by atoms with Gasteiger partial charge in [0.05, 0.1) is 6.61 Å². The van der Waals surface area contributed by atoms with Gasteiger partial charge in [-0.2, -0.15) is 0 Å². The van der Waals surface area contributed by atoms with Gasteiger partial charge in [0.15, 0.2) is 0 Å². The number of para-hydroxylation sites is 1. The van der Waals surface area contributed by atoms with Crippen molar-refractivity contribution < 1.29 is 19.0 Å². The fourth-order valence-corrected chi connectivity index (χ4v) is 3.85. The molecule has 0 aliphatic carbocycles. The van der Waals surface area contributed by atoms with Crippen LogP contribution < -0.4 is 4.74 Å². The summed E-state index contributed by atoms with van der Waals surface area (Å²) in [5, 5.41) is 9.30. The van der Waals surface area contributed by atoms with Gasteiger partial charge in [0.2, 0.25) is 0 Å². The average molecular weight is 327 g/mol. The average Bonchev–Trinajstić information content (AvgIpc) is 2.92. The van der Waals surface area contributed by atoms with E-state index in [2.05, 4.69) is 0 Å². The highest BCUT2D eigenvalue weighted by Gasteiger charge is 2.39. The van der Waals surface area contributed by atoms with Gasteiger partial charge >= 0.3 is 6.09 Å². The molecular weight excluding hydrogens is 309 g/mol. The molecule has 0 spiro atoms. The van der Waals surface area contributed by atoms with Crippen LogP contribution in [0.2, 0.25) is 0 Å². The summed E-state index contributed by atoms with van der Waals surface area (Å²) in [6.07, 6.45) is -0.0216. The Morgan fingerprint density at radius 1 is 1.17 bits per heavy atom. The van der Waals surface area contributed by atoms with E-state index in [9.17, 15) is 14.3 Å². The van der Waals surface area contributed by atoms with E-state index in [0.29, 0.717) is 19.7 Å². The summed E-state index contributed by atoms with van der Waals surface area (Å²) >= 11 is 0. The normalized spacial score (nSPS) is 22.3. The van der Waals surface area contributed by atoms with Crippen molar-refractivity contribution in [2.45, 2.75) is 12.3 Å². The van der Waals surface area contributed by atoms with Crippen LogP contribution in [0.25, 0.3) is 11.1 Å². The second-order valence-electron chi connectivity index (χ2n) is 6.42. The van der Waals surface area contributed by atoms with Crippen molar-refractivity contribution in [1.82, 2.24) is 4.90 Å². The molecule has 1 amide bonds. The number of likely N-dealkylation sites (tertiary alicyclic amines) is 1. The maximum Gasteiger partial charge on any atom is 0.407 e. The molecule has 2 aliphatic rings. The number of amides is 1. The molecule has 4 rings (SSSR count). The Bertz CT molecular complexity index is 775. The largest absolute Gasteiger partial charge is 0.493 e. The second kappa shape index (κ2) is 5.82. The van der Waals surface area contributed by atoms with E-state index in [4.69, 9.17) is 4.74 Å². The maximum absolute atomic E-state index is 13.2. The first-order chi connectivity index (χ1) is 11.6. The van der Waals surface area contributed by atoms with Crippen LogP contribution in [0.1, 0.15) is 17.9 Å². The lowest BCUT2D eigenvalue weighted by molar-refractivity contribution is 0.152. The third-order valence-electron chi connectivity index (χ3n) is 5.05. The molecule has 0 aromatic heterocycles. The topological polar surface area (TPSA) is 49.8 Å². The molecule has 2 aliphatic heterocycles. The molecule has 2 aromatic carbocycles. The third kappa shape index (κ3) is 2.50. The molecule has 2 aromatic rings. The van der Waals surface area contributed by atoms with Gasteiger partial charge in [-0.1, -0.05) is 30.3 Å². The van der Waals surface area contributed by atoms with E-state index in [1.165, 1.54) is 17.0 Å². The van der Waals surface area contributed by atoms with Crippen molar-refractivity contribution in [3.8, 4) is 16.9 Å². The number of halogens is 1. The highest BCUT2D eigenvalue weighted by atomic mass is 19.1. The monoisotopic (exact) mass is 327 g/mol. The smallest absolute Gasteiger partial charge is 0.407 e. The Morgan fingerprint density at radius 2 is 1.96 bits per heavy atom. The zero-order valence-corrected chi connectivity index (χ0v) is 13.1. The van der Waals surface area contributed by atoms with Crippen molar-refractivity contribution in [1.29, 1.82) is 0 Å². The standard InChI is InChI=1S/C19H18FNO3/c20-14-6-4-12(5-7-14)15-2-1-3-16-17-11-21(19(22)23)10-13(17)8-9-24-18(15)16/h1-7,13,17H,8-11H2,(H,22,23)/t13-,17-/m1/s1. The molecule has 2 heterocycles. The van der Waals surface area contributed by atoms with Crippen LogP contribution in [0, 0.1) is 11.7 Å². The molecular formula is C19H18FNO3. The predicted octanol–water partition coefficient (Wildman–Crippen LogP) is 3.97. The summed E-state index contributed by atoms with van der Waals surface area (Å²) < 4.78 is 19.2. The SMILES string of the molecule is O=C(O)N1C[C@H]2CCOc3c(-c4ccc(F)cc4)cccc3[C@@H]2C1. The number of ether oxygens (including phenoxy) is 1. The molecule has 2 atom stereocenters. The lowest BCUT2D eigenvalue weighted by Gasteiger charge is -2.18. The number of carbonyl (C=O) groups is 1. The van der Waals surface area contributed by atoms with E-state index in [1.807, 2.05) is 18.2 Å². The zero-order valence-electron chi connectivity index (χ0n) is 13.1. The molecule has 4 nitrogen and oxygen atoms in total. The van der Waals surface area contributed by atoms with E-state index in [-0.39, 0.29) is 17.7 Å². The quantitative estimate of drug-likeness (QED) is 0.862. The molecule has 0 saturated carbocycles. The number of benzene rings is 2. The Labute approximate surface area is 139 Å². The summed E-state index contributed by atoms with van der Waals surface area (Å²) in [5.41, 5.74) is 2.89. The van der Waals surface area contributed by atoms with Crippen molar-refractivity contribution in [3.05, 3.63) is 53.8 Å². The van der Waals surface area contributed by atoms with Crippen molar-refractivity contribution in [2.75, 3.05) is 19.7 Å². The van der Waals surface area contributed by atoms with E-state index < -0.39 is 6.09 Å². The Morgan fingerprint density at radius 3 is 2.71 bits per heavy atom. The number of nitrogens with zero attached hydrogens (tertiary/aromatic N) is 1. The highest BCUT2D eigenvalue weighted by Crippen LogP contribution is 2.45. The Kier molecular flexibility index (Phi) is 3.63. The lowest BCUT2D eigenvalue weighted by atomic mass is 9.86. The van der Waals surface area contributed by atoms with Crippen molar-refractivity contribution in [3.63, 3.8) is 0 Å². The van der Waals surface area contributed by atoms with Gasteiger partial charge in [-0.25, -0.2) is 9.18 Å². The molecule has 1 saturated heterocycles. The van der Waals surface area contributed by atoms with Gasteiger partial charge in [0.1, 0.15) is 11.6 Å². The van der Waals surface area contributed by atoms with Crippen LogP contribution >= 0.6 is 0 Å². The van der Waals surface area contributed by atoms with Crippen LogP contribution in [0.5, 0.6) is 5.75 Å². The highest BCUT2D eigenvalue weighted by molar-refractivity contribution is 5.73. The van der Waals surface area contributed by atoms with E-state index in [0.717, 1.165) is 28.9 Å². The first-order valence-corrected chi connectivity index (χ1v) is 8.13. The first kappa shape index (κ1) is 15.0. The molecule has 1 fully saturated rings. The van der Waals surface area contributed by atoms with Crippen LogP contribution in [-0.4, -0.2) is 35.8 Å². The van der Waals surface area contributed by atoms with Crippen LogP contribution in [-0.2, 0) is 0 Å².